The molecule has 11 heteroatoms. The average molecular weight is 355 g/mol. The summed E-state index contributed by atoms with van der Waals surface area (Å²) in [6, 6.07) is 5.43. The summed E-state index contributed by atoms with van der Waals surface area (Å²) in [6.45, 7) is 3.71. The highest BCUT2D eigenvalue weighted by Crippen LogP contribution is 2.17. The van der Waals surface area contributed by atoms with Crippen LogP contribution in [-0.4, -0.2) is 41.9 Å². The molecule has 0 radical (unpaired) electrons. The SMILES string of the molecule is CCCc1c(C(=O)N/N=C(\C)c2ccccn2)nnn1-c1nonc1N. The maximum Gasteiger partial charge on any atom is 0.293 e. The number of hydrazone groups is 1. The molecule has 0 unspecified atom stereocenters. The number of carbonyl (C=O) groups is 1. The summed E-state index contributed by atoms with van der Waals surface area (Å²) in [5.41, 5.74) is 10.1. The van der Waals surface area contributed by atoms with Gasteiger partial charge in [0, 0.05) is 6.20 Å². The molecule has 11 nitrogen and oxygen atoms in total. The minimum Gasteiger partial charge on any atom is -0.378 e. The molecule has 1 amide bonds. The van der Waals surface area contributed by atoms with E-state index in [-0.39, 0.29) is 17.3 Å². The van der Waals surface area contributed by atoms with E-state index in [1.807, 2.05) is 13.0 Å². The van der Waals surface area contributed by atoms with Crippen LogP contribution in [0.2, 0.25) is 0 Å². The number of nitrogen functional groups attached to an aromatic ring is 1. The number of aromatic nitrogens is 6. The lowest BCUT2D eigenvalue weighted by Crippen LogP contribution is -2.22. The van der Waals surface area contributed by atoms with Crippen molar-refractivity contribution in [1.82, 2.24) is 35.7 Å². The molecule has 0 saturated carbocycles. The lowest BCUT2D eigenvalue weighted by atomic mass is 10.2. The summed E-state index contributed by atoms with van der Waals surface area (Å²) in [7, 11) is 0. The molecule has 0 aromatic carbocycles. The zero-order valence-electron chi connectivity index (χ0n) is 14.2. The Morgan fingerprint density at radius 3 is 2.88 bits per heavy atom. The summed E-state index contributed by atoms with van der Waals surface area (Å²) in [5.74, 6) is -0.249. The van der Waals surface area contributed by atoms with Crippen LogP contribution in [0.3, 0.4) is 0 Å². The number of amides is 1. The first kappa shape index (κ1) is 17.2. The Hall–Kier alpha value is -3.63. The standard InChI is InChI=1S/C15H17N9O2/c1-3-6-11-12(19-23-24(11)14-13(16)21-26-22-14)15(25)20-18-9(2)10-7-4-5-8-17-10/h4-5,7-8H,3,6H2,1-2H3,(H2,16,21)(H,20,25)/b18-9+. The van der Waals surface area contributed by atoms with Gasteiger partial charge in [-0.3, -0.25) is 9.78 Å². The number of hydrogen-bond donors (Lipinski definition) is 2. The van der Waals surface area contributed by atoms with Crippen LogP contribution in [0.5, 0.6) is 0 Å². The molecule has 3 heterocycles. The Balaban J connectivity index is 1.86. The third-order valence-electron chi connectivity index (χ3n) is 3.52. The van der Waals surface area contributed by atoms with Crippen LogP contribution in [0.15, 0.2) is 34.1 Å². The monoisotopic (exact) mass is 355 g/mol. The van der Waals surface area contributed by atoms with E-state index in [1.54, 1.807) is 25.3 Å². The highest BCUT2D eigenvalue weighted by molar-refractivity contribution is 5.99. The van der Waals surface area contributed by atoms with Gasteiger partial charge in [0.1, 0.15) is 0 Å². The first-order chi connectivity index (χ1) is 12.6. The van der Waals surface area contributed by atoms with Crippen LogP contribution in [0, 0.1) is 0 Å². The summed E-state index contributed by atoms with van der Waals surface area (Å²) in [5, 5.41) is 19.2. The van der Waals surface area contributed by atoms with Crippen molar-refractivity contribution in [2.75, 3.05) is 5.73 Å². The van der Waals surface area contributed by atoms with E-state index in [4.69, 9.17) is 5.73 Å². The smallest absolute Gasteiger partial charge is 0.293 e. The van der Waals surface area contributed by atoms with E-state index < -0.39 is 5.91 Å². The van der Waals surface area contributed by atoms with E-state index in [1.165, 1.54) is 4.68 Å². The average Bonchev–Trinajstić information content (AvgIpc) is 3.26. The number of nitrogens with two attached hydrogens (primary N) is 1. The number of rotatable bonds is 6. The topological polar surface area (TPSA) is 150 Å². The van der Waals surface area contributed by atoms with Crippen molar-refractivity contribution in [2.24, 2.45) is 5.10 Å². The van der Waals surface area contributed by atoms with Crippen LogP contribution in [-0.2, 0) is 6.42 Å². The molecule has 134 valence electrons. The minimum absolute atomic E-state index is 0.0585. The minimum atomic E-state index is -0.495. The molecule has 0 aliphatic rings. The van der Waals surface area contributed by atoms with Gasteiger partial charge in [0.2, 0.25) is 11.6 Å². The van der Waals surface area contributed by atoms with Gasteiger partial charge < -0.3 is 5.73 Å². The van der Waals surface area contributed by atoms with Crippen molar-refractivity contribution in [2.45, 2.75) is 26.7 Å². The Kier molecular flexibility index (Phi) is 4.97. The number of hydrogen-bond acceptors (Lipinski definition) is 9. The molecule has 3 aromatic rings. The van der Waals surface area contributed by atoms with Crippen molar-refractivity contribution in [3.8, 4) is 5.82 Å². The second-order valence-corrected chi connectivity index (χ2v) is 5.37. The Labute approximate surface area is 148 Å². The lowest BCUT2D eigenvalue weighted by molar-refractivity contribution is 0.0948. The molecule has 0 aliphatic carbocycles. The summed E-state index contributed by atoms with van der Waals surface area (Å²) < 4.78 is 5.93. The first-order valence-corrected chi connectivity index (χ1v) is 7.90. The lowest BCUT2D eigenvalue weighted by Gasteiger charge is -2.04. The number of pyridine rings is 1. The fourth-order valence-electron chi connectivity index (χ4n) is 2.27. The van der Waals surface area contributed by atoms with Crippen molar-refractivity contribution in [1.29, 1.82) is 0 Å². The van der Waals surface area contributed by atoms with Crippen LogP contribution < -0.4 is 11.2 Å². The van der Waals surface area contributed by atoms with Gasteiger partial charge in [-0.05, 0) is 35.8 Å². The third-order valence-corrected chi connectivity index (χ3v) is 3.52. The molecule has 0 saturated heterocycles. The Morgan fingerprint density at radius 1 is 1.38 bits per heavy atom. The molecular formula is C15H17N9O2. The Morgan fingerprint density at radius 2 is 2.23 bits per heavy atom. The fourth-order valence-corrected chi connectivity index (χ4v) is 2.27. The fraction of sp³-hybridized carbons (Fsp3) is 0.267. The van der Waals surface area contributed by atoms with Crippen molar-refractivity contribution >= 4 is 17.4 Å². The number of anilines is 1. The van der Waals surface area contributed by atoms with Gasteiger partial charge in [-0.25, -0.2) is 10.1 Å². The molecule has 26 heavy (non-hydrogen) atoms. The first-order valence-electron chi connectivity index (χ1n) is 7.90. The Bertz CT molecular complexity index is 930. The van der Waals surface area contributed by atoms with Gasteiger partial charge >= 0.3 is 0 Å². The molecule has 0 atom stereocenters. The molecule has 3 rings (SSSR count). The summed E-state index contributed by atoms with van der Waals surface area (Å²) in [6.07, 6.45) is 2.94. The zero-order chi connectivity index (χ0) is 18.5. The van der Waals surface area contributed by atoms with Gasteiger partial charge in [0.05, 0.1) is 17.1 Å². The summed E-state index contributed by atoms with van der Waals surface area (Å²) in [4.78, 5) is 16.7. The van der Waals surface area contributed by atoms with Gasteiger partial charge in [-0.1, -0.05) is 24.6 Å². The van der Waals surface area contributed by atoms with Crippen molar-refractivity contribution < 1.29 is 9.42 Å². The van der Waals surface area contributed by atoms with E-state index in [9.17, 15) is 4.79 Å². The number of nitrogens with zero attached hydrogens (tertiary/aromatic N) is 7. The van der Waals surface area contributed by atoms with Crippen LogP contribution in [0.1, 0.15) is 42.1 Å². The maximum absolute atomic E-state index is 12.5. The second kappa shape index (κ2) is 7.51. The highest BCUT2D eigenvalue weighted by atomic mass is 16.6. The van der Waals surface area contributed by atoms with Crippen LogP contribution in [0.25, 0.3) is 5.82 Å². The molecule has 0 fully saturated rings. The second-order valence-electron chi connectivity index (χ2n) is 5.37. The van der Waals surface area contributed by atoms with Crippen molar-refractivity contribution in [3.05, 3.63) is 41.5 Å². The summed E-state index contributed by atoms with van der Waals surface area (Å²) >= 11 is 0. The van der Waals surface area contributed by atoms with E-state index in [0.717, 1.165) is 6.42 Å². The predicted molar refractivity (Wildman–Crippen MR) is 91.5 cm³/mol. The molecule has 3 aromatic heterocycles. The van der Waals surface area contributed by atoms with E-state index in [2.05, 4.69) is 40.8 Å². The highest BCUT2D eigenvalue weighted by Gasteiger charge is 2.23. The molecule has 0 spiro atoms. The molecule has 0 aliphatic heterocycles. The largest absolute Gasteiger partial charge is 0.378 e. The van der Waals surface area contributed by atoms with Gasteiger partial charge in [0.25, 0.3) is 5.91 Å². The van der Waals surface area contributed by atoms with E-state index in [0.29, 0.717) is 23.5 Å². The predicted octanol–water partition coefficient (Wildman–Crippen LogP) is 0.734. The molecular weight excluding hydrogens is 338 g/mol. The zero-order valence-corrected chi connectivity index (χ0v) is 14.2. The van der Waals surface area contributed by atoms with Gasteiger partial charge in [-0.15, -0.1) is 5.10 Å². The van der Waals surface area contributed by atoms with E-state index >= 15 is 0 Å². The van der Waals surface area contributed by atoms with Crippen LogP contribution >= 0.6 is 0 Å². The quantitative estimate of drug-likeness (QED) is 0.485. The third kappa shape index (κ3) is 3.41. The van der Waals surface area contributed by atoms with Gasteiger partial charge in [-0.2, -0.15) is 9.78 Å². The van der Waals surface area contributed by atoms with Gasteiger partial charge in [0.15, 0.2) is 5.69 Å². The number of nitrogens with one attached hydrogen (secondary N) is 1. The van der Waals surface area contributed by atoms with Crippen molar-refractivity contribution in [3.63, 3.8) is 0 Å². The number of carbonyl (C=O) groups excluding carboxylic acids is 1. The maximum atomic E-state index is 12.5. The molecule has 3 N–H and O–H groups in total. The normalized spacial score (nSPS) is 11.5. The van der Waals surface area contributed by atoms with Crippen LogP contribution in [0.4, 0.5) is 5.82 Å². The molecule has 0 bridgehead atoms.